The lowest BCUT2D eigenvalue weighted by atomic mass is 10.0. The summed E-state index contributed by atoms with van der Waals surface area (Å²) < 4.78 is 34.7. The highest BCUT2D eigenvalue weighted by Crippen LogP contribution is 2.47. The quantitative estimate of drug-likeness (QED) is 0.481. The maximum atomic E-state index is 14.6. The van der Waals surface area contributed by atoms with E-state index >= 15 is 0 Å². The smallest absolute Gasteiger partial charge is 0.414 e. The summed E-state index contributed by atoms with van der Waals surface area (Å²) in [6, 6.07) is 0.993. The Morgan fingerprint density at radius 1 is 1.35 bits per heavy atom. The number of carbonyl (C=O) groups excluding carboxylic acids is 1. The van der Waals surface area contributed by atoms with Crippen molar-refractivity contribution in [2.45, 2.75) is 32.8 Å². The second-order valence-corrected chi connectivity index (χ2v) is 8.24. The molecule has 4 nitrogen and oxygen atoms in total. The zero-order valence-electron chi connectivity index (χ0n) is 14.6. The van der Waals surface area contributed by atoms with Crippen LogP contribution >= 0.6 is 27.5 Å². The molecule has 1 amide bonds. The first-order valence-electron chi connectivity index (χ1n) is 7.82. The molecule has 3 rings (SSSR count). The number of pyridine rings is 1. The molecule has 1 aromatic heterocycles. The van der Waals surface area contributed by atoms with Crippen molar-refractivity contribution in [3.63, 3.8) is 0 Å². The summed E-state index contributed by atoms with van der Waals surface area (Å²) in [6.07, 6.45) is 1.08. The number of fused-ring (bicyclic) bond motifs is 3. The first-order chi connectivity index (χ1) is 12.0. The highest BCUT2D eigenvalue weighted by molar-refractivity contribution is 9.10. The van der Waals surface area contributed by atoms with Gasteiger partial charge in [-0.15, -0.1) is 0 Å². The lowest BCUT2D eigenvalue weighted by Crippen LogP contribution is -2.34. The Morgan fingerprint density at radius 2 is 2.00 bits per heavy atom. The Balaban J connectivity index is 2.16. The molecule has 0 aliphatic heterocycles. The molecule has 0 N–H and O–H groups in total. The van der Waals surface area contributed by atoms with Gasteiger partial charge in [-0.1, -0.05) is 11.6 Å². The van der Waals surface area contributed by atoms with Crippen molar-refractivity contribution >= 4 is 39.3 Å². The number of benzene rings is 1. The molecular weight excluding hydrogens is 430 g/mol. The highest BCUT2D eigenvalue weighted by atomic mass is 79.9. The number of halogens is 4. The fourth-order valence-corrected chi connectivity index (χ4v) is 3.43. The standard InChI is InChI=1S/C18H16BrClF2N2O2/c1-18(2,3)26-17(25)24(4)12-6-10(21)16(22)13-8(12)5-11-14(13)15(20)9(19)7-23-11/h6-7H,5H2,1-4H3. The lowest BCUT2D eigenvalue weighted by molar-refractivity contribution is 0.0589. The topological polar surface area (TPSA) is 42.4 Å². The third-order valence-corrected chi connectivity index (χ3v) is 5.20. The number of anilines is 1. The van der Waals surface area contributed by atoms with Gasteiger partial charge in [0.2, 0.25) is 0 Å². The molecule has 2 aromatic rings. The summed E-state index contributed by atoms with van der Waals surface area (Å²) in [5.41, 5.74) is 0.844. The van der Waals surface area contributed by atoms with E-state index in [9.17, 15) is 13.6 Å². The molecule has 0 fully saturated rings. The van der Waals surface area contributed by atoms with Gasteiger partial charge in [-0.2, -0.15) is 0 Å². The van der Waals surface area contributed by atoms with Crippen molar-refractivity contribution < 1.29 is 18.3 Å². The fourth-order valence-electron chi connectivity index (χ4n) is 2.88. The Labute approximate surface area is 163 Å². The molecular formula is C18H16BrClF2N2O2. The van der Waals surface area contributed by atoms with Gasteiger partial charge in [0, 0.05) is 36.9 Å². The predicted octanol–water partition coefficient (Wildman–Crippen LogP) is 5.72. The van der Waals surface area contributed by atoms with Gasteiger partial charge in [-0.25, -0.2) is 13.6 Å². The molecule has 0 saturated carbocycles. The van der Waals surface area contributed by atoms with Crippen molar-refractivity contribution in [3.05, 3.63) is 44.7 Å². The maximum Gasteiger partial charge on any atom is 0.414 e. The fraction of sp³-hybridized carbons (Fsp3) is 0.333. The molecule has 8 heteroatoms. The van der Waals surface area contributed by atoms with E-state index in [2.05, 4.69) is 20.9 Å². The molecule has 1 aliphatic rings. The minimum Gasteiger partial charge on any atom is -0.443 e. The first-order valence-corrected chi connectivity index (χ1v) is 8.99. The molecule has 0 atom stereocenters. The van der Waals surface area contributed by atoms with Crippen molar-refractivity contribution in [1.82, 2.24) is 4.98 Å². The third kappa shape index (κ3) is 3.18. The molecule has 0 unspecified atom stereocenters. The molecule has 1 aliphatic carbocycles. The van der Waals surface area contributed by atoms with E-state index < -0.39 is 23.3 Å². The third-order valence-electron chi connectivity index (χ3n) is 3.98. The van der Waals surface area contributed by atoms with Gasteiger partial charge in [-0.05, 0) is 42.3 Å². The molecule has 0 spiro atoms. The second-order valence-electron chi connectivity index (χ2n) is 7.00. The Hall–Kier alpha value is -1.73. The molecule has 26 heavy (non-hydrogen) atoms. The average molecular weight is 446 g/mol. The van der Waals surface area contributed by atoms with E-state index in [0.717, 1.165) is 6.07 Å². The average Bonchev–Trinajstić information content (AvgIpc) is 2.92. The van der Waals surface area contributed by atoms with Crippen molar-refractivity contribution in [3.8, 4) is 11.1 Å². The van der Waals surface area contributed by atoms with E-state index in [0.29, 0.717) is 21.3 Å². The number of aromatic nitrogens is 1. The summed E-state index contributed by atoms with van der Waals surface area (Å²) in [5, 5.41) is 0.254. The Morgan fingerprint density at radius 3 is 2.62 bits per heavy atom. The molecule has 1 heterocycles. The summed E-state index contributed by atoms with van der Waals surface area (Å²) in [6.45, 7) is 5.18. The largest absolute Gasteiger partial charge is 0.443 e. The van der Waals surface area contributed by atoms with Crippen LogP contribution in [0.3, 0.4) is 0 Å². The van der Waals surface area contributed by atoms with Crippen LogP contribution in [0.4, 0.5) is 19.3 Å². The number of hydrogen-bond donors (Lipinski definition) is 0. The summed E-state index contributed by atoms with van der Waals surface area (Å²) in [5.74, 6) is -2.08. The Kier molecular flexibility index (Phi) is 4.73. The molecule has 1 aromatic carbocycles. The van der Waals surface area contributed by atoms with Crippen LogP contribution in [0.5, 0.6) is 0 Å². The van der Waals surface area contributed by atoms with E-state index in [1.807, 2.05) is 0 Å². The zero-order valence-corrected chi connectivity index (χ0v) is 16.9. The SMILES string of the molecule is CN(C(=O)OC(C)(C)C)c1cc(F)c(F)c2c1Cc1ncc(Br)c(Cl)c1-2. The van der Waals surface area contributed by atoms with Gasteiger partial charge in [0.05, 0.1) is 20.9 Å². The zero-order chi connectivity index (χ0) is 19.4. The number of amides is 1. The molecule has 0 saturated heterocycles. The highest BCUT2D eigenvalue weighted by Gasteiger charge is 2.33. The lowest BCUT2D eigenvalue weighted by Gasteiger charge is -2.26. The van der Waals surface area contributed by atoms with Crippen LogP contribution in [0.25, 0.3) is 11.1 Å². The van der Waals surface area contributed by atoms with Crippen LogP contribution in [-0.4, -0.2) is 23.7 Å². The van der Waals surface area contributed by atoms with E-state index in [1.165, 1.54) is 18.1 Å². The summed E-state index contributed by atoms with van der Waals surface area (Å²) in [7, 11) is 1.45. The van der Waals surface area contributed by atoms with Gasteiger partial charge in [0.1, 0.15) is 5.60 Å². The second kappa shape index (κ2) is 6.46. The Bertz CT molecular complexity index is 929. The van der Waals surface area contributed by atoms with Crippen LogP contribution < -0.4 is 4.90 Å². The number of rotatable bonds is 1. The maximum absolute atomic E-state index is 14.6. The van der Waals surface area contributed by atoms with E-state index in [4.69, 9.17) is 16.3 Å². The van der Waals surface area contributed by atoms with E-state index in [-0.39, 0.29) is 22.7 Å². The van der Waals surface area contributed by atoms with Crippen molar-refractivity contribution in [2.75, 3.05) is 11.9 Å². The van der Waals surface area contributed by atoms with Crippen LogP contribution in [-0.2, 0) is 11.2 Å². The minimum absolute atomic E-state index is 0.0317. The number of ether oxygens (including phenoxy) is 1. The predicted molar refractivity (Wildman–Crippen MR) is 99.7 cm³/mol. The van der Waals surface area contributed by atoms with Crippen LogP contribution in [0.1, 0.15) is 32.0 Å². The summed E-state index contributed by atoms with van der Waals surface area (Å²) >= 11 is 9.54. The number of nitrogens with zero attached hydrogens (tertiary/aromatic N) is 2. The van der Waals surface area contributed by atoms with Gasteiger partial charge in [0.15, 0.2) is 11.6 Å². The monoisotopic (exact) mass is 444 g/mol. The van der Waals surface area contributed by atoms with Crippen LogP contribution in [0.15, 0.2) is 16.7 Å². The number of carbonyl (C=O) groups is 1. The normalized spacial score (nSPS) is 12.6. The van der Waals surface area contributed by atoms with Gasteiger partial charge in [0.25, 0.3) is 0 Å². The van der Waals surface area contributed by atoms with Crippen molar-refractivity contribution in [2.24, 2.45) is 0 Å². The van der Waals surface area contributed by atoms with Crippen molar-refractivity contribution in [1.29, 1.82) is 0 Å². The minimum atomic E-state index is -1.07. The summed E-state index contributed by atoms with van der Waals surface area (Å²) in [4.78, 5) is 17.8. The molecule has 0 bridgehead atoms. The molecule has 138 valence electrons. The van der Waals surface area contributed by atoms with Crippen LogP contribution in [0, 0.1) is 11.6 Å². The molecule has 0 radical (unpaired) electrons. The first kappa shape index (κ1) is 19.0. The van der Waals surface area contributed by atoms with E-state index in [1.54, 1.807) is 20.8 Å². The van der Waals surface area contributed by atoms with Gasteiger partial charge >= 0.3 is 6.09 Å². The number of hydrogen-bond acceptors (Lipinski definition) is 3. The van der Waals surface area contributed by atoms with Crippen LogP contribution in [0.2, 0.25) is 5.02 Å². The van der Waals surface area contributed by atoms with Gasteiger partial charge < -0.3 is 4.74 Å². The van der Waals surface area contributed by atoms with Gasteiger partial charge in [-0.3, -0.25) is 9.88 Å².